The van der Waals surface area contributed by atoms with Crippen LogP contribution in [0.3, 0.4) is 0 Å². The molecule has 3 heteroatoms. The summed E-state index contributed by atoms with van der Waals surface area (Å²) < 4.78 is 5.53. The van der Waals surface area contributed by atoms with E-state index in [2.05, 4.69) is 4.90 Å². The van der Waals surface area contributed by atoms with E-state index in [1.165, 1.54) is 25.7 Å². The molecule has 0 aromatic carbocycles. The molecule has 1 heterocycles. The second kappa shape index (κ2) is 6.35. The van der Waals surface area contributed by atoms with E-state index in [-0.39, 0.29) is 6.61 Å². The van der Waals surface area contributed by atoms with Gasteiger partial charge in [0.15, 0.2) is 0 Å². The molecule has 1 aliphatic rings. The lowest BCUT2D eigenvalue weighted by atomic mass is 10.1. The van der Waals surface area contributed by atoms with Crippen molar-refractivity contribution in [2.75, 3.05) is 33.4 Å². The third-order valence-corrected chi connectivity index (χ3v) is 2.57. The van der Waals surface area contributed by atoms with Gasteiger partial charge in [0.1, 0.15) is 0 Å². The molecule has 1 N–H and O–H groups in total. The summed E-state index contributed by atoms with van der Waals surface area (Å²) in [6.07, 6.45) is 5.35. The van der Waals surface area contributed by atoms with Crippen LogP contribution in [0.15, 0.2) is 0 Å². The molecule has 3 nitrogen and oxygen atoms in total. The molecule has 0 spiro atoms. The van der Waals surface area contributed by atoms with Crippen molar-refractivity contribution < 1.29 is 9.84 Å². The molecule has 0 bridgehead atoms. The Hall–Kier alpha value is -0.120. The quantitative estimate of drug-likeness (QED) is 0.669. The average Bonchev–Trinajstić information content (AvgIpc) is 2.57. The Labute approximate surface area is 80.7 Å². The smallest absolute Gasteiger partial charge is 0.0576 e. The van der Waals surface area contributed by atoms with E-state index in [1.807, 2.05) is 7.05 Å². The molecule has 0 saturated carbocycles. The molecule has 0 aliphatic carbocycles. The average molecular weight is 187 g/mol. The molecule has 1 rings (SSSR count). The highest BCUT2D eigenvalue weighted by molar-refractivity contribution is 4.65. The summed E-state index contributed by atoms with van der Waals surface area (Å²) in [5.41, 5.74) is 0. The number of nitrogens with zero attached hydrogens (tertiary/aromatic N) is 1. The third-order valence-electron chi connectivity index (χ3n) is 2.57. The van der Waals surface area contributed by atoms with Gasteiger partial charge in [0.25, 0.3) is 0 Å². The van der Waals surface area contributed by atoms with Gasteiger partial charge in [-0.3, -0.25) is 0 Å². The van der Waals surface area contributed by atoms with Crippen molar-refractivity contribution in [1.82, 2.24) is 4.90 Å². The van der Waals surface area contributed by atoms with E-state index in [9.17, 15) is 0 Å². The van der Waals surface area contributed by atoms with Crippen LogP contribution >= 0.6 is 0 Å². The van der Waals surface area contributed by atoms with Crippen LogP contribution in [0.5, 0.6) is 0 Å². The van der Waals surface area contributed by atoms with Crippen LogP contribution in [0.4, 0.5) is 0 Å². The van der Waals surface area contributed by atoms with Gasteiger partial charge in [0.2, 0.25) is 0 Å². The van der Waals surface area contributed by atoms with E-state index < -0.39 is 0 Å². The lowest BCUT2D eigenvalue weighted by Gasteiger charge is -2.16. The van der Waals surface area contributed by atoms with E-state index in [1.54, 1.807) is 0 Å². The summed E-state index contributed by atoms with van der Waals surface area (Å²) in [5, 5.41) is 8.68. The second-order valence-electron chi connectivity index (χ2n) is 3.80. The first kappa shape index (κ1) is 11.0. The molecule has 0 amide bonds. The first-order valence-corrected chi connectivity index (χ1v) is 5.24. The van der Waals surface area contributed by atoms with Gasteiger partial charge < -0.3 is 14.7 Å². The van der Waals surface area contributed by atoms with Gasteiger partial charge in [0.05, 0.1) is 12.7 Å². The lowest BCUT2D eigenvalue weighted by Crippen LogP contribution is -2.24. The van der Waals surface area contributed by atoms with Crippen molar-refractivity contribution in [3.05, 3.63) is 0 Å². The van der Waals surface area contributed by atoms with Gasteiger partial charge in [-0.1, -0.05) is 0 Å². The molecule has 0 radical (unpaired) electrons. The normalized spacial score (nSPS) is 22.8. The molecule has 78 valence electrons. The zero-order valence-electron chi connectivity index (χ0n) is 8.54. The van der Waals surface area contributed by atoms with Crippen LogP contribution in [-0.2, 0) is 4.74 Å². The summed E-state index contributed by atoms with van der Waals surface area (Å²) in [6, 6.07) is 0. The Morgan fingerprint density at radius 1 is 1.46 bits per heavy atom. The highest BCUT2D eigenvalue weighted by Crippen LogP contribution is 2.16. The molecule has 1 aliphatic heterocycles. The van der Waals surface area contributed by atoms with E-state index in [0.29, 0.717) is 6.10 Å². The highest BCUT2D eigenvalue weighted by atomic mass is 16.5. The fourth-order valence-electron chi connectivity index (χ4n) is 1.74. The molecule has 1 atom stereocenters. The predicted molar refractivity (Wildman–Crippen MR) is 52.8 cm³/mol. The summed E-state index contributed by atoms with van der Waals surface area (Å²) in [7, 11) is 2.05. The maximum Gasteiger partial charge on any atom is 0.0576 e. The van der Waals surface area contributed by atoms with Crippen LogP contribution in [0.2, 0.25) is 0 Å². The van der Waals surface area contributed by atoms with Gasteiger partial charge in [0, 0.05) is 13.2 Å². The Balaban J connectivity index is 1.93. The Kier molecular flexibility index (Phi) is 5.35. The summed E-state index contributed by atoms with van der Waals surface area (Å²) in [6.45, 7) is 3.07. The Morgan fingerprint density at radius 3 is 2.92 bits per heavy atom. The summed E-state index contributed by atoms with van der Waals surface area (Å²) >= 11 is 0. The van der Waals surface area contributed by atoms with E-state index in [0.717, 1.165) is 19.7 Å². The number of likely N-dealkylation sites (N-methyl/N-ethyl adjacent to an activating group) is 1. The largest absolute Gasteiger partial charge is 0.395 e. The molecule has 1 unspecified atom stereocenters. The molecule has 0 aromatic rings. The Bertz CT molecular complexity index is 124. The number of aliphatic hydroxyl groups is 1. The van der Waals surface area contributed by atoms with Gasteiger partial charge >= 0.3 is 0 Å². The first-order valence-electron chi connectivity index (χ1n) is 5.24. The number of hydrogen-bond donors (Lipinski definition) is 1. The van der Waals surface area contributed by atoms with Crippen LogP contribution in [-0.4, -0.2) is 49.5 Å². The molecular formula is C10H21NO2. The van der Waals surface area contributed by atoms with Crippen molar-refractivity contribution in [3.8, 4) is 0 Å². The first-order chi connectivity index (χ1) is 6.33. The standard InChI is InChI=1S/C10H21NO2/c1-11(7-8-12)6-2-4-10-5-3-9-13-10/h10,12H,2-9H2,1H3. The van der Waals surface area contributed by atoms with Gasteiger partial charge in [-0.15, -0.1) is 0 Å². The predicted octanol–water partition coefficient (Wildman–Crippen LogP) is 0.870. The van der Waals surface area contributed by atoms with Crippen LogP contribution < -0.4 is 0 Å². The molecule has 13 heavy (non-hydrogen) atoms. The second-order valence-corrected chi connectivity index (χ2v) is 3.80. The molecule has 0 aromatic heterocycles. The fourth-order valence-corrected chi connectivity index (χ4v) is 1.74. The zero-order chi connectivity index (χ0) is 9.52. The van der Waals surface area contributed by atoms with Crippen LogP contribution in [0.1, 0.15) is 25.7 Å². The topological polar surface area (TPSA) is 32.7 Å². The molecule has 1 fully saturated rings. The fraction of sp³-hybridized carbons (Fsp3) is 1.00. The van der Waals surface area contributed by atoms with Gasteiger partial charge in [-0.25, -0.2) is 0 Å². The van der Waals surface area contributed by atoms with Crippen molar-refractivity contribution in [1.29, 1.82) is 0 Å². The third kappa shape index (κ3) is 4.60. The zero-order valence-corrected chi connectivity index (χ0v) is 8.54. The van der Waals surface area contributed by atoms with Crippen molar-refractivity contribution in [2.24, 2.45) is 0 Å². The molecular weight excluding hydrogens is 166 g/mol. The van der Waals surface area contributed by atoms with Gasteiger partial charge in [-0.2, -0.15) is 0 Å². The maximum absolute atomic E-state index is 8.68. The van der Waals surface area contributed by atoms with Crippen LogP contribution in [0.25, 0.3) is 0 Å². The SMILES string of the molecule is CN(CCO)CCCC1CCCO1. The van der Waals surface area contributed by atoms with E-state index in [4.69, 9.17) is 9.84 Å². The maximum atomic E-state index is 8.68. The Morgan fingerprint density at radius 2 is 2.31 bits per heavy atom. The van der Waals surface area contributed by atoms with Gasteiger partial charge in [-0.05, 0) is 39.3 Å². The minimum absolute atomic E-state index is 0.260. The number of aliphatic hydroxyl groups excluding tert-OH is 1. The van der Waals surface area contributed by atoms with Crippen molar-refractivity contribution in [3.63, 3.8) is 0 Å². The lowest BCUT2D eigenvalue weighted by molar-refractivity contribution is 0.0990. The van der Waals surface area contributed by atoms with Crippen molar-refractivity contribution >= 4 is 0 Å². The number of rotatable bonds is 6. The van der Waals surface area contributed by atoms with E-state index >= 15 is 0 Å². The summed E-state index contributed by atoms with van der Waals surface area (Å²) in [5.74, 6) is 0. The number of hydrogen-bond acceptors (Lipinski definition) is 3. The van der Waals surface area contributed by atoms with Crippen LogP contribution in [0, 0.1) is 0 Å². The molecule has 1 saturated heterocycles. The number of ether oxygens (including phenoxy) is 1. The van der Waals surface area contributed by atoms with Crippen molar-refractivity contribution in [2.45, 2.75) is 31.8 Å². The minimum Gasteiger partial charge on any atom is -0.395 e. The monoisotopic (exact) mass is 187 g/mol. The summed E-state index contributed by atoms with van der Waals surface area (Å²) in [4.78, 5) is 2.16. The highest BCUT2D eigenvalue weighted by Gasteiger charge is 2.14. The minimum atomic E-state index is 0.260.